The Kier molecular flexibility index (Phi) is 8.75. The zero-order valence-corrected chi connectivity index (χ0v) is 14.2. The molecule has 3 N–H and O–H groups in total. The molecule has 0 heterocycles. The second-order valence-corrected chi connectivity index (χ2v) is 4.95. The molecule has 0 spiro atoms. The van der Waals surface area contributed by atoms with E-state index in [2.05, 4.69) is 0 Å². The van der Waals surface area contributed by atoms with Crippen molar-refractivity contribution in [1.29, 1.82) is 0 Å². The van der Waals surface area contributed by atoms with Crippen LogP contribution in [-0.4, -0.2) is 33.9 Å². The number of carbonyl (C=O) groups excluding carboxylic acids is 1. The number of carbonyl (C=O) groups is 2. The van der Waals surface area contributed by atoms with Gasteiger partial charge < -0.3 is 20.1 Å². The minimum Gasteiger partial charge on any atom is -0.508 e. The van der Waals surface area contributed by atoms with Gasteiger partial charge in [0, 0.05) is 0 Å². The zero-order valence-electron chi connectivity index (χ0n) is 14.2. The molecule has 6 heteroatoms. The van der Waals surface area contributed by atoms with Crippen LogP contribution in [0.25, 0.3) is 0 Å². The van der Waals surface area contributed by atoms with E-state index in [9.17, 15) is 9.59 Å². The first kappa shape index (κ1) is 20.5. The number of benzene rings is 2. The molecule has 0 aromatic heterocycles. The van der Waals surface area contributed by atoms with E-state index in [1.165, 1.54) is 48.5 Å². The van der Waals surface area contributed by atoms with Gasteiger partial charge in [0.1, 0.15) is 18.1 Å². The van der Waals surface area contributed by atoms with Crippen molar-refractivity contribution >= 4 is 11.9 Å². The number of hydrogen-bond donors (Lipinski definition) is 3. The molecule has 0 aliphatic heterocycles. The number of phenolic OH excluding ortho intramolecular Hbond substituents is 2. The number of allylic oxidation sites excluding steroid dienone is 3. The summed E-state index contributed by atoms with van der Waals surface area (Å²) in [5.74, 6) is -1.18. The second-order valence-electron chi connectivity index (χ2n) is 4.95. The van der Waals surface area contributed by atoms with Crippen LogP contribution >= 0.6 is 0 Å². The van der Waals surface area contributed by atoms with Crippen LogP contribution in [0.15, 0.2) is 72.8 Å². The fourth-order valence-corrected chi connectivity index (χ4v) is 1.65. The molecule has 26 heavy (non-hydrogen) atoms. The molecule has 0 bridgehead atoms. The van der Waals surface area contributed by atoms with Crippen molar-refractivity contribution < 1.29 is 29.6 Å². The van der Waals surface area contributed by atoms with Crippen molar-refractivity contribution in [2.45, 2.75) is 6.92 Å². The van der Waals surface area contributed by atoms with Gasteiger partial charge in [-0.1, -0.05) is 18.2 Å². The average molecular weight is 356 g/mol. The molecule has 0 aliphatic carbocycles. The monoisotopic (exact) mass is 356 g/mol. The van der Waals surface area contributed by atoms with Crippen molar-refractivity contribution in [3.63, 3.8) is 0 Å². The van der Waals surface area contributed by atoms with Crippen molar-refractivity contribution in [2.24, 2.45) is 0 Å². The number of aromatic carboxylic acids is 1. The maximum absolute atomic E-state index is 11.4. The molecule has 0 aliphatic rings. The SMILES string of the molecule is CC=CC=CCOC(=O)c1ccc(O)cc1.O=C(O)c1ccc(O)cc1. The lowest BCUT2D eigenvalue weighted by molar-refractivity contribution is 0.0549. The Morgan fingerprint density at radius 2 is 1.38 bits per heavy atom. The van der Waals surface area contributed by atoms with Gasteiger partial charge in [0.15, 0.2) is 0 Å². The van der Waals surface area contributed by atoms with Crippen LogP contribution in [0.1, 0.15) is 27.6 Å². The third-order valence-electron chi connectivity index (χ3n) is 2.97. The van der Waals surface area contributed by atoms with E-state index in [0.29, 0.717) is 5.56 Å². The number of hydrogen-bond acceptors (Lipinski definition) is 5. The van der Waals surface area contributed by atoms with Crippen LogP contribution in [-0.2, 0) is 4.74 Å². The Morgan fingerprint density at radius 3 is 1.85 bits per heavy atom. The summed E-state index contributed by atoms with van der Waals surface area (Å²) >= 11 is 0. The highest BCUT2D eigenvalue weighted by Crippen LogP contribution is 2.10. The Balaban J connectivity index is 0.000000289. The lowest BCUT2D eigenvalue weighted by Crippen LogP contribution is -2.04. The third-order valence-corrected chi connectivity index (χ3v) is 2.97. The zero-order chi connectivity index (χ0) is 19.4. The number of aromatic hydroxyl groups is 2. The Morgan fingerprint density at radius 1 is 0.885 bits per heavy atom. The van der Waals surface area contributed by atoms with Crippen molar-refractivity contribution in [1.82, 2.24) is 0 Å². The van der Waals surface area contributed by atoms with Gasteiger partial charge in [-0.25, -0.2) is 9.59 Å². The van der Waals surface area contributed by atoms with Gasteiger partial charge in [-0.15, -0.1) is 0 Å². The minimum absolute atomic E-state index is 0.0741. The van der Waals surface area contributed by atoms with Gasteiger partial charge in [0.05, 0.1) is 11.1 Å². The van der Waals surface area contributed by atoms with E-state index in [0.717, 1.165) is 0 Å². The lowest BCUT2D eigenvalue weighted by Gasteiger charge is -2.01. The number of ether oxygens (including phenoxy) is 1. The number of carboxylic acid groups (broad SMARTS) is 1. The fraction of sp³-hybridized carbons (Fsp3) is 0.100. The molecule has 2 aromatic rings. The number of carboxylic acids is 1. The lowest BCUT2D eigenvalue weighted by atomic mass is 10.2. The fourth-order valence-electron chi connectivity index (χ4n) is 1.65. The van der Waals surface area contributed by atoms with Crippen molar-refractivity contribution in [3.8, 4) is 11.5 Å². The van der Waals surface area contributed by atoms with Crippen LogP contribution in [0, 0.1) is 0 Å². The Bertz CT molecular complexity index is 758. The smallest absolute Gasteiger partial charge is 0.338 e. The molecule has 0 radical (unpaired) electrons. The van der Waals surface area contributed by atoms with Crippen molar-refractivity contribution in [2.75, 3.05) is 6.61 Å². The predicted octanol–water partition coefficient (Wildman–Crippen LogP) is 3.77. The molecule has 0 unspecified atom stereocenters. The van der Waals surface area contributed by atoms with Gasteiger partial charge in [-0.05, 0) is 61.5 Å². The topological polar surface area (TPSA) is 104 Å². The van der Waals surface area contributed by atoms with Crippen LogP contribution in [0.4, 0.5) is 0 Å². The van der Waals surface area contributed by atoms with Gasteiger partial charge in [0.25, 0.3) is 0 Å². The van der Waals surface area contributed by atoms with Crippen LogP contribution in [0.5, 0.6) is 11.5 Å². The van der Waals surface area contributed by atoms with E-state index >= 15 is 0 Å². The van der Waals surface area contributed by atoms with E-state index in [4.69, 9.17) is 20.1 Å². The highest BCUT2D eigenvalue weighted by Gasteiger charge is 2.05. The maximum atomic E-state index is 11.4. The van der Waals surface area contributed by atoms with E-state index in [1.54, 1.807) is 6.08 Å². The van der Waals surface area contributed by atoms with Gasteiger partial charge in [0.2, 0.25) is 0 Å². The quantitative estimate of drug-likeness (QED) is 0.556. The van der Waals surface area contributed by atoms with Crippen LogP contribution in [0.2, 0.25) is 0 Å². The highest BCUT2D eigenvalue weighted by atomic mass is 16.5. The molecule has 0 fully saturated rings. The standard InChI is InChI=1S/C13H14O3.C7H6O3/c1-2-3-4-5-10-16-13(15)11-6-8-12(14)9-7-11;8-6-3-1-5(2-4-6)7(9)10/h2-9,14H,10H2,1H3;1-4,8H,(H,9,10). The van der Waals surface area contributed by atoms with Crippen molar-refractivity contribution in [3.05, 3.63) is 84.0 Å². The van der Waals surface area contributed by atoms with Crippen LogP contribution in [0.3, 0.4) is 0 Å². The number of esters is 1. The van der Waals surface area contributed by atoms with Gasteiger partial charge in [-0.3, -0.25) is 0 Å². The average Bonchev–Trinajstić information content (AvgIpc) is 2.63. The second kappa shape index (κ2) is 11.1. The summed E-state index contributed by atoms with van der Waals surface area (Å²) in [5.41, 5.74) is 0.607. The van der Waals surface area contributed by atoms with E-state index < -0.39 is 11.9 Å². The molecule has 0 saturated carbocycles. The van der Waals surface area contributed by atoms with E-state index in [-0.39, 0.29) is 23.7 Å². The summed E-state index contributed by atoms with van der Waals surface area (Å²) < 4.78 is 4.97. The first-order valence-corrected chi connectivity index (χ1v) is 7.70. The first-order valence-electron chi connectivity index (χ1n) is 7.70. The Hall–Kier alpha value is -3.54. The summed E-state index contributed by atoms with van der Waals surface area (Å²) in [7, 11) is 0. The molecular formula is C20H20O6. The van der Waals surface area contributed by atoms with E-state index in [1.807, 2.05) is 25.2 Å². The normalized spacial score (nSPS) is 10.3. The maximum Gasteiger partial charge on any atom is 0.338 e. The van der Waals surface area contributed by atoms with Gasteiger partial charge >= 0.3 is 11.9 Å². The Labute approximate surface area is 151 Å². The summed E-state index contributed by atoms with van der Waals surface area (Å²) in [5, 5.41) is 26.2. The van der Waals surface area contributed by atoms with Gasteiger partial charge in [-0.2, -0.15) is 0 Å². The summed E-state index contributed by atoms with van der Waals surface area (Å²) in [6.45, 7) is 2.15. The molecule has 0 atom stereocenters. The highest BCUT2D eigenvalue weighted by molar-refractivity contribution is 5.89. The largest absolute Gasteiger partial charge is 0.508 e. The number of phenols is 2. The van der Waals surface area contributed by atoms with Crippen LogP contribution < -0.4 is 0 Å². The third kappa shape index (κ3) is 7.83. The molecule has 0 amide bonds. The molecule has 136 valence electrons. The molecule has 2 rings (SSSR count). The molecule has 6 nitrogen and oxygen atoms in total. The minimum atomic E-state index is -0.986. The predicted molar refractivity (Wildman–Crippen MR) is 97.4 cm³/mol. The molecule has 2 aromatic carbocycles. The number of rotatable bonds is 5. The summed E-state index contributed by atoms with van der Waals surface area (Å²) in [6, 6.07) is 11.3. The molecule has 0 saturated heterocycles. The molecular weight excluding hydrogens is 336 g/mol. The summed E-state index contributed by atoms with van der Waals surface area (Å²) in [6.07, 6.45) is 7.30. The summed E-state index contributed by atoms with van der Waals surface area (Å²) in [4.78, 5) is 21.7. The first-order chi connectivity index (χ1) is 12.4.